The van der Waals surface area contributed by atoms with Gasteiger partial charge in [-0.25, -0.2) is 9.37 Å². The summed E-state index contributed by atoms with van der Waals surface area (Å²) in [5, 5.41) is 19.0. The maximum atomic E-state index is 13.7. The lowest BCUT2D eigenvalue weighted by Gasteiger charge is -2.09. The van der Waals surface area contributed by atoms with E-state index in [1.54, 1.807) is 22.9 Å². The van der Waals surface area contributed by atoms with E-state index in [1.165, 1.54) is 17.8 Å². The molecule has 2 aromatic rings. The molecule has 0 aliphatic heterocycles. The molecule has 4 nitrogen and oxygen atoms in total. The van der Waals surface area contributed by atoms with Crippen LogP contribution in [0.3, 0.4) is 0 Å². The van der Waals surface area contributed by atoms with Crippen LogP contribution in [0.15, 0.2) is 29.6 Å². The van der Waals surface area contributed by atoms with E-state index in [4.69, 9.17) is 16.9 Å². The van der Waals surface area contributed by atoms with Gasteiger partial charge in [0.2, 0.25) is 0 Å². The molecular weight excluding hydrogens is 313 g/mol. The number of hydrogen-bond donors (Lipinski definition) is 1. The molecule has 21 heavy (non-hydrogen) atoms. The molecule has 1 N–H and O–H groups in total. The predicted molar refractivity (Wildman–Crippen MR) is 79.4 cm³/mol. The van der Waals surface area contributed by atoms with E-state index >= 15 is 0 Å². The second-order valence-corrected chi connectivity index (χ2v) is 5.59. The lowest BCUT2D eigenvalue weighted by molar-refractivity contribution is 0.269. The number of nitrogens with zero attached hydrogens (tertiary/aromatic N) is 3. The van der Waals surface area contributed by atoms with E-state index in [2.05, 4.69) is 11.1 Å². The molecule has 0 radical (unpaired) electrons. The zero-order chi connectivity index (χ0) is 15.2. The smallest absolute Gasteiger partial charge is 0.168 e. The summed E-state index contributed by atoms with van der Waals surface area (Å²) >= 11 is 7.31. The Labute approximate surface area is 131 Å². The summed E-state index contributed by atoms with van der Waals surface area (Å²) in [6, 6.07) is 6.62. The van der Waals surface area contributed by atoms with Gasteiger partial charge in [0.05, 0.1) is 31.0 Å². The third kappa shape index (κ3) is 3.76. The van der Waals surface area contributed by atoms with Gasteiger partial charge in [-0.1, -0.05) is 29.4 Å². The van der Waals surface area contributed by atoms with E-state index < -0.39 is 0 Å². The molecular formula is C14H13ClFN3OS. The molecule has 0 fully saturated rings. The molecule has 0 bridgehead atoms. The molecule has 2 rings (SSSR count). The van der Waals surface area contributed by atoms with Crippen LogP contribution in [0.2, 0.25) is 5.02 Å². The van der Waals surface area contributed by atoms with E-state index in [0.717, 1.165) is 0 Å². The normalized spacial score (nSPS) is 10.6. The number of aromatic nitrogens is 2. The fourth-order valence-corrected chi connectivity index (χ4v) is 3.21. The van der Waals surface area contributed by atoms with Crippen LogP contribution in [0.25, 0.3) is 0 Å². The van der Waals surface area contributed by atoms with Crippen molar-refractivity contribution >= 4 is 23.4 Å². The highest BCUT2D eigenvalue weighted by molar-refractivity contribution is 7.98. The molecule has 1 heterocycles. The molecule has 1 aromatic heterocycles. The number of halogens is 2. The van der Waals surface area contributed by atoms with Crippen LogP contribution in [0.1, 0.15) is 17.7 Å². The van der Waals surface area contributed by atoms with Gasteiger partial charge >= 0.3 is 0 Å². The largest absolute Gasteiger partial charge is 0.390 e. The highest BCUT2D eigenvalue weighted by Gasteiger charge is 2.13. The van der Waals surface area contributed by atoms with Crippen molar-refractivity contribution in [3.8, 4) is 6.07 Å². The minimum absolute atomic E-state index is 0.153. The van der Waals surface area contributed by atoms with Crippen molar-refractivity contribution in [1.82, 2.24) is 9.55 Å². The summed E-state index contributed by atoms with van der Waals surface area (Å²) in [5.74, 6) is -0.0209. The number of aliphatic hydroxyl groups excluding tert-OH is 1. The Morgan fingerprint density at radius 1 is 1.48 bits per heavy atom. The molecule has 0 saturated heterocycles. The molecule has 7 heteroatoms. The van der Waals surface area contributed by atoms with E-state index in [9.17, 15) is 9.50 Å². The van der Waals surface area contributed by atoms with Gasteiger partial charge in [-0.05, 0) is 12.1 Å². The number of hydrogen-bond acceptors (Lipinski definition) is 4. The molecule has 0 atom stereocenters. The molecule has 110 valence electrons. The summed E-state index contributed by atoms with van der Waals surface area (Å²) in [5.41, 5.74) is 1.05. The molecule has 0 aliphatic carbocycles. The fourth-order valence-electron chi connectivity index (χ4n) is 1.84. The zero-order valence-electron chi connectivity index (χ0n) is 11.1. The number of thioether (sulfide) groups is 1. The Bertz CT molecular complexity index is 648. The minimum Gasteiger partial charge on any atom is -0.390 e. The Kier molecular flexibility index (Phi) is 5.62. The first-order chi connectivity index (χ1) is 10.2. The maximum Gasteiger partial charge on any atom is 0.168 e. The maximum absolute atomic E-state index is 13.7. The number of rotatable bonds is 6. The first-order valence-electron chi connectivity index (χ1n) is 6.25. The van der Waals surface area contributed by atoms with Crippen molar-refractivity contribution < 1.29 is 9.50 Å². The number of imidazole rings is 1. The molecule has 1 aromatic carbocycles. The van der Waals surface area contributed by atoms with Crippen LogP contribution in [0.5, 0.6) is 0 Å². The minimum atomic E-state index is -0.354. The average molecular weight is 326 g/mol. The predicted octanol–water partition coefficient (Wildman–Crippen LogP) is 3.37. The van der Waals surface area contributed by atoms with Crippen molar-refractivity contribution in [3.63, 3.8) is 0 Å². The van der Waals surface area contributed by atoms with Crippen LogP contribution in [-0.4, -0.2) is 14.7 Å². The third-order valence-corrected chi connectivity index (χ3v) is 4.29. The topological polar surface area (TPSA) is 61.8 Å². The Morgan fingerprint density at radius 3 is 2.95 bits per heavy atom. The summed E-state index contributed by atoms with van der Waals surface area (Å²) in [6.45, 7) is 0.291. The zero-order valence-corrected chi connectivity index (χ0v) is 12.7. The van der Waals surface area contributed by atoms with Gasteiger partial charge in [-0.2, -0.15) is 5.26 Å². The van der Waals surface area contributed by atoms with Gasteiger partial charge in [-0.15, -0.1) is 0 Å². The van der Waals surface area contributed by atoms with Gasteiger partial charge in [0, 0.05) is 22.9 Å². The van der Waals surface area contributed by atoms with Crippen LogP contribution in [-0.2, 0) is 18.9 Å². The monoisotopic (exact) mass is 325 g/mol. The van der Waals surface area contributed by atoms with E-state index in [1.807, 2.05) is 0 Å². The summed E-state index contributed by atoms with van der Waals surface area (Å²) in [6.07, 6.45) is 1.88. The van der Waals surface area contributed by atoms with Crippen molar-refractivity contribution in [2.45, 2.75) is 30.5 Å². The van der Waals surface area contributed by atoms with Gasteiger partial charge in [0.1, 0.15) is 5.82 Å². The van der Waals surface area contributed by atoms with Crippen LogP contribution >= 0.6 is 23.4 Å². The highest BCUT2D eigenvalue weighted by atomic mass is 35.5. The highest BCUT2D eigenvalue weighted by Crippen LogP contribution is 2.28. The Balaban J connectivity index is 2.16. The Hall–Kier alpha value is -1.55. The number of benzene rings is 1. The molecule has 0 aliphatic rings. The Morgan fingerprint density at radius 2 is 2.29 bits per heavy atom. The van der Waals surface area contributed by atoms with Gasteiger partial charge < -0.3 is 9.67 Å². The molecule has 0 unspecified atom stereocenters. The van der Waals surface area contributed by atoms with Crippen molar-refractivity contribution in [2.24, 2.45) is 0 Å². The van der Waals surface area contributed by atoms with Crippen LogP contribution in [0, 0.1) is 17.1 Å². The van der Waals surface area contributed by atoms with E-state index in [-0.39, 0.29) is 12.4 Å². The number of nitriles is 1. The van der Waals surface area contributed by atoms with Crippen LogP contribution < -0.4 is 0 Å². The van der Waals surface area contributed by atoms with Gasteiger partial charge in [0.25, 0.3) is 0 Å². The van der Waals surface area contributed by atoms with Gasteiger partial charge in [-0.3, -0.25) is 0 Å². The SMILES string of the molecule is N#CCCn1c(CO)cnc1SCc1c(F)cccc1Cl. The second kappa shape index (κ2) is 7.46. The molecule has 0 spiro atoms. The summed E-state index contributed by atoms with van der Waals surface area (Å²) < 4.78 is 15.5. The lowest BCUT2D eigenvalue weighted by atomic mass is 10.2. The standard InChI is InChI=1S/C14H13ClFN3OS/c15-12-3-1-4-13(16)11(12)9-21-14-18-7-10(8-20)19(14)6-2-5-17/h1,3-4,7,20H,2,6,8-9H2. The van der Waals surface area contributed by atoms with Gasteiger partial charge in [0.15, 0.2) is 5.16 Å². The van der Waals surface area contributed by atoms with E-state index in [0.29, 0.717) is 40.2 Å². The first-order valence-corrected chi connectivity index (χ1v) is 7.61. The van der Waals surface area contributed by atoms with Crippen LogP contribution in [0.4, 0.5) is 4.39 Å². The van der Waals surface area contributed by atoms with Crippen molar-refractivity contribution in [1.29, 1.82) is 5.26 Å². The third-order valence-electron chi connectivity index (χ3n) is 2.92. The summed E-state index contributed by atoms with van der Waals surface area (Å²) in [7, 11) is 0. The quantitative estimate of drug-likeness (QED) is 0.827. The lowest BCUT2D eigenvalue weighted by Crippen LogP contribution is -2.04. The second-order valence-electron chi connectivity index (χ2n) is 4.24. The fraction of sp³-hybridized carbons (Fsp3) is 0.286. The number of aliphatic hydroxyl groups is 1. The molecule has 0 saturated carbocycles. The van der Waals surface area contributed by atoms with Crippen molar-refractivity contribution in [2.75, 3.05) is 0 Å². The molecule has 0 amide bonds. The first kappa shape index (κ1) is 15.8. The summed E-state index contributed by atoms with van der Waals surface area (Å²) in [4.78, 5) is 4.21. The average Bonchev–Trinajstić information content (AvgIpc) is 2.86. The van der Waals surface area contributed by atoms with Crippen molar-refractivity contribution in [3.05, 3.63) is 46.5 Å².